The van der Waals surface area contributed by atoms with E-state index in [1.54, 1.807) is 19.9 Å². The minimum absolute atomic E-state index is 0.117. The summed E-state index contributed by atoms with van der Waals surface area (Å²) in [5.74, 6) is -0.335. The molecular weight excluding hydrogens is 241 g/mol. The predicted molar refractivity (Wildman–Crippen MR) is 67.6 cm³/mol. The van der Waals surface area contributed by atoms with Gasteiger partial charge in [-0.05, 0) is 31.0 Å². The van der Waals surface area contributed by atoms with Crippen molar-refractivity contribution in [2.75, 3.05) is 5.88 Å². The van der Waals surface area contributed by atoms with Gasteiger partial charge in [-0.25, -0.2) is 4.39 Å². The van der Waals surface area contributed by atoms with Crippen molar-refractivity contribution in [3.63, 3.8) is 0 Å². The van der Waals surface area contributed by atoms with Crippen LogP contribution in [0.2, 0.25) is 0 Å². The molecule has 94 valence electrons. The third-order valence-electron chi connectivity index (χ3n) is 2.73. The van der Waals surface area contributed by atoms with E-state index in [-0.39, 0.29) is 29.6 Å². The second-order valence-corrected chi connectivity index (χ2v) is 4.60. The summed E-state index contributed by atoms with van der Waals surface area (Å²) < 4.78 is 13.4. The highest BCUT2D eigenvalue weighted by atomic mass is 35.5. The van der Waals surface area contributed by atoms with Gasteiger partial charge in [-0.3, -0.25) is 4.79 Å². The Labute approximate surface area is 106 Å². The van der Waals surface area contributed by atoms with Crippen LogP contribution in [0.15, 0.2) is 18.2 Å². The molecule has 1 rings (SSSR count). The SMILES string of the molecule is Cc1ccc(C(C)NC(=O)C(C)CCl)cc1F. The molecule has 0 aliphatic rings. The maximum Gasteiger partial charge on any atom is 0.224 e. The molecule has 0 spiro atoms. The summed E-state index contributed by atoms with van der Waals surface area (Å²) >= 11 is 5.60. The summed E-state index contributed by atoms with van der Waals surface area (Å²) in [5, 5.41) is 2.80. The topological polar surface area (TPSA) is 29.1 Å². The fraction of sp³-hybridized carbons (Fsp3) is 0.462. The fourth-order valence-electron chi connectivity index (χ4n) is 1.39. The molecular formula is C13H17ClFNO. The molecule has 0 aliphatic carbocycles. The van der Waals surface area contributed by atoms with Crippen molar-refractivity contribution in [1.29, 1.82) is 0 Å². The number of rotatable bonds is 4. The van der Waals surface area contributed by atoms with Crippen LogP contribution >= 0.6 is 11.6 Å². The number of carbonyl (C=O) groups is 1. The van der Waals surface area contributed by atoms with E-state index in [9.17, 15) is 9.18 Å². The summed E-state index contributed by atoms with van der Waals surface area (Å²) in [6.45, 7) is 5.28. The molecule has 0 aromatic heterocycles. The average Bonchev–Trinajstić information content (AvgIpc) is 2.31. The van der Waals surface area contributed by atoms with E-state index in [4.69, 9.17) is 11.6 Å². The minimum Gasteiger partial charge on any atom is -0.349 e. The van der Waals surface area contributed by atoms with E-state index in [0.29, 0.717) is 5.56 Å². The summed E-state index contributed by atoms with van der Waals surface area (Å²) in [5.41, 5.74) is 1.35. The smallest absolute Gasteiger partial charge is 0.224 e. The van der Waals surface area contributed by atoms with E-state index in [1.165, 1.54) is 6.07 Å². The first-order valence-corrected chi connectivity index (χ1v) is 6.11. The number of hydrogen-bond acceptors (Lipinski definition) is 1. The van der Waals surface area contributed by atoms with Crippen LogP contribution in [0.5, 0.6) is 0 Å². The van der Waals surface area contributed by atoms with E-state index in [2.05, 4.69) is 5.32 Å². The Morgan fingerprint density at radius 3 is 2.65 bits per heavy atom. The van der Waals surface area contributed by atoms with Gasteiger partial charge in [0.1, 0.15) is 5.82 Å². The first-order chi connectivity index (χ1) is 7.95. The van der Waals surface area contributed by atoms with Crippen LogP contribution in [-0.2, 0) is 4.79 Å². The molecule has 0 bridgehead atoms. The lowest BCUT2D eigenvalue weighted by Gasteiger charge is -2.17. The maximum atomic E-state index is 13.4. The molecule has 2 nitrogen and oxygen atoms in total. The largest absolute Gasteiger partial charge is 0.349 e. The standard InChI is InChI=1S/C13H17ClFNO/c1-8-4-5-11(6-12(8)15)10(3)16-13(17)9(2)7-14/h4-6,9-10H,7H2,1-3H3,(H,16,17). The number of halogens is 2. The number of benzene rings is 1. The molecule has 0 radical (unpaired) electrons. The average molecular weight is 258 g/mol. The fourth-order valence-corrected chi connectivity index (χ4v) is 1.53. The van der Waals surface area contributed by atoms with Gasteiger partial charge in [0.15, 0.2) is 0 Å². The van der Waals surface area contributed by atoms with E-state index < -0.39 is 0 Å². The molecule has 1 amide bonds. The van der Waals surface area contributed by atoms with Gasteiger partial charge >= 0.3 is 0 Å². The zero-order chi connectivity index (χ0) is 13.0. The van der Waals surface area contributed by atoms with Crippen LogP contribution in [0.4, 0.5) is 4.39 Å². The first kappa shape index (κ1) is 14.0. The van der Waals surface area contributed by atoms with E-state index in [0.717, 1.165) is 5.56 Å². The Kier molecular flexibility index (Phi) is 4.94. The van der Waals surface area contributed by atoms with Crippen molar-refractivity contribution < 1.29 is 9.18 Å². The van der Waals surface area contributed by atoms with Gasteiger partial charge in [0.25, 0.3) is 0 Å². The second kappa shape index (κ2) is 6.01. The first-order valence-electron chi connectivity index (χ1n) is 5.58. The maximum absolute atomic E-state index is 13.4. The Morgan fingerprint density at radius 2 is 2.12 bits per heavy atom. The summed E-state index contributed by atoms with van der Waals surface area (Å²) in [4.78, 5) is 11.6. The number of aryl methyl sites for hydroxylation is 1. The van der Waals surface area contributed by atoms with Crippen molar-refractivity contribution in [3.8, 4) is 0 Å². The van der Waals surface area contributed by atoms with Crippen LogP contribution in [-0.4, -0.2) is 11.8 Å². The van der Waals surface area contributed by atoms with Gasteiger partial charge in [-0.15, -0.1) is 11.6 Å². The van der Waals surface area contributed by atoms with Gasteiger partial charge < -0.3 is 5.32 Å². The Balaban J connectivity index is 2.73. The molecule has 1 aromatic carbocycles. The quantitative estimate of drug-likeness (QED) is 0.825. The predicted octanol–water partition coefficient (Wildman–Crippen LogP) is 3.19. The number of alkyl halides is 1. The Morgan fingerprint density at radius 1 is 1.47 bits per heavy atom. The van der Waals surface area contributed by atoms with Crippen LogP contribution < -0.4 is 5.32 Å². The molecule has 0 saturated heterocycles. The van der Waals surface area contributed by atoms with Crippen LogP contribution in [0, 0.1) is 18.7 Å². The zero-order valence-corrected chi connectivity index (χ0v) is 11.0. The molecule has 0 heterocycles. The number of hydrogen-bond donors (Lipinski definition) is 1. The zero-order valence-electron chi connectivity index (χ0n) is 10.3. The van der Waals surface area contributed by atoms with Gasteiger partial charge in [-0.2, -0.15) is 0 Å². The van der Waals surface area contributed by atoms with Crippen molar-refractivity contribution in [1.82, 2.24) is 5.32 Å². The third-order valence-corrected chi connectivity index (χ3v) is 3.20. The Bertz CT molecular complexity index is 408. The molecule has 0 fully saturated rings. The number of amides is 1. The minimum atomic E-state index is -0.256. The lowest BCUT2D eigenvalue weighted by atomic mass is 10.1. The molecule has 1 aromatic rings. The van der Waals surface area contributed by atoms with Crippen LogP contribution in [0.1, 0.15) is 31.0 Å². The lowest BCUT2D eigenvalue weighted by Crippen LogP contribution is -2.32. The molecule has 4 heteroatoms. The van der Waals surface area contributed by atoms with Crippen molar-refractivity contribution >= 4 is 17.5 Å². The number of carbonyl (C=O) groups excluding carboxylic acids is 1. The van der Waals surface area contributed by atoms with E-state index >= 15 is 0 Å². The number of nitrogens with one attached hydrogen (secondary N) is 1. The van der Waals surface area contributed by atoms with Crippen LogP contribution in [0.3, 0.4) is 0 Å². The Hall–Kier alpha value is -1.09. The van der Waals surface area contributed by atoms with E-state index in [1.807, 2.05) is 13.0 Å². The monoisotopic (exact) mass is 257 g/mol. The second-order valence-electron chi connectivity index (χ2n) is 4.29. The van der Waals surface area contributed by atoms with Gasteiger partial charge in [0, 0.05) is 11.8 Å². The molecule has 17 heavy (non-hydrogen) atoms. The highest BCUT2D eigenvalue weighted by molar-refractivity contribution is 6.19. The third kappa shape index (κ3) is 3.70. The highest BCUT2D eigenvalue weighted by Crippen LogP contribution is 2.16. The molecule has 2 atom stereocenters. The molecule has 0 saturated carbocycles. The summed E-state index contributed by atoms with van der Waals surface area (Å²) in [6, 6.07) is 4.75. The highest BCUT2D eigenvalue weighted by Gasteiger charge is 2.15. The lowest BCUT2D eigenvalue weighted by molar-refractivity contribution is -0.124. The van der Waals surface area contributed by atoms with Gasteiger partial charge in [-0.1, -0.05) is 19.1 Å². The summed E-state index contributed by atoms with van der Waals surface area (Å²) in [7, 11) is 0. The van der Waals surface area contributed by atoms with Crippen molar-refractivity contribution in [3.05, 3.63) is 35.1 Å². The van der Waals surface area contributed by atoms with Crippen molar-refractivity contribution in [2.45, 2.75) is 26.8 Å². The molecule has 2 unspecified atom stereocenters. The van der Waals surface area contributed by atoms with Crippen LogP contribution in [0.25, 0.3) is 0 Å². The van der Waals surface area contributed by atoms with Gasteiger partial charge in [0.2, 0.25) is 5.91 Å². The molecule has 1 N–H and O–H groups in total. The molecule has 0 aliphatic heterocycles. The normalized spacial score (nSPS) is 14.2. The van der Waals surface area contributed by atoms with Crippen molar-refractivity contribution in [2.24, 2.45) is 5.92 Å². The van der Waals surface area contributed by atoms with Gasteiger partial charge in [0.05, 0.1) is 6.04 Å². The summed E-state index contributed by atoms with van der Waals surface area (Å²) in [6.07, 6.45) is 0.